The van der Waals surface area contributed by atoms with Crippen LogP contribution < -0.4 is 5.32 Å². The van der Waals surface area contributed by atoms with Crippen molar-refractivity contribution in [1.82, 2.24) is 5.32 Å². The molecule has 0 heterocycles. The fourth-order valence-electron chi connectivity index (χ4n) is 9.08. The van der Waals surface area contributed by atoms with Gasteiger partial charge in [-0.25, -0.2) is 0 Å². The van der Waals surface area contributed by atoms with Crippen LogP contribution in [-0.4, -0.2) is 57.3 Å². The number of aliphatic hydroxyl groups excluding tert-OH is 4. The molecule has 0 radical (unpaired) electrons. The number of amides is 1. The van der Waals surface area contributed by atoms with Crippen LogP contribution in [0.15, 0.2) is 48.6 Å². The second kappa shape index (κ2) is 55.2. The van der Waals surface area contributed by atoms with E-state index in [1.54, 1.807) is 0 Å². The van der Waals surface area contributed by atoms with Gasteiger partial charge in [0, 0.05) is 0 Å². The van der Waals surface area contributed by atoms with Crippen LogP contribution in [0.3, 0.4) is 0 Å². The number of carbonyl (C=O) groups excluding carboxylic acids is 1. The minimum Gasteiger partial charge on any atom is -0.394 e. The zero-order chi connectivity index (χ0) is 48.8. The second-order valence-electron chi connectivity index (χ2n) is 20.3. The molecule has 6 nitrogen and oxygen atoms in total. The largest absolute Gasteiger partial charge is 0.394 e. The lowest BCUT2D eigenvalue weighted by molar-refractivity contribution is -0.132. The fraction of sp³-hybridized carbons (Fsp3) is 0.852. The maximum atomic E-state index is 12.6. The van der Waals surface area contributed by atoms with E-state index in [0.29, 0.717) is 19.3 Å². The van der Waals surface area contributed by atoms with Gasteiger partial charge in [0.25, 0.3) is 0 Å². The molecule has 394 valence electrons. The van der Waals surface area contributed by atoms with E-state index in [9.17, 15) is 25.2 Å². The van der Waals surface area contributed by atoms with E-state index < -0.39 is 36.9 Å². The zero-order valence-electron chi connectivity index (χ0n) is 44.7. The first-order valence-electron chi connectivity index (χ1n) is 29.5. The fourth-order valence-corrected chi connectivity index (χ4v) is 9.08. The van der Waals surface area contributed by atoms with Gasteiger partial charge in [-0.2, -0.15) is 0 Å². The Bertz CT molecular complexity index is 1100. The number of allylic oxidation sites excluding steroid dienone is 8. The molecule has 0 bridgehead atoms. The highest BCUT2D eigenvalue weighted by Gasteiger charge is 2.28. The summed E-state index contributed by atoms with van der Waals surface area (Å²) in [6, 6.07) is -1.01. The van der Waals surface area contributed by atoms with E-state index in [0.717, 1.165) is 51.4 Å². The third-order valence-electron chi connectivity index (χ3n) is 13.7. The van der Waals surface area contributed by atoms with Gasteiger partial charge in [-0.3, -0.25) is 4.79 Å². The van der Waals surface area contributed by atoms with Crippen LogP contribution in [0.4, 0.5) is 0 Å². The average molecular weight is 943 g/mol. The van der Waals surface area contributed by atoms with E-state index in [1.165, 1.54) is 218 Å². The van der Waals surface area contributed by atoms with E-state index in [4.69, 9.17) is 0 Å². The van der Waals surface area contributed by atoms with Crippen molar-refractivity contribution in [3.05, 3.63) is 48.6 Å². The van der Waals surface area contributed by atoms with Crippen molar-refractivity contribution in [2.45, 2.75) is 327 Å². The second-order valence-corrected chi connectivity index (χ2v) is 20.3. The summed E-state index contributed by atoms with van der Waals surface area (Å²) in [4.78, 5) is 12.6. The number of carbonyl (C=O) groups is 1. The van der Waals surface area contributed by atoms with Crippen LogP contribution in [0.1, 0.15) is 303 Å². The van der Waals surface area contributed by atoms with Crippen molar-refractivity contribution < 1.29 is 25.2 Å². The summed E-state index contributed by atoms with van der Waals surface area (Å²) in [5, 5.41) is 44.0. The number of aliphatic hydroxyl groups is 4. The Morgan fingerprint density at radius 2 is 0.627 bits per heavy atom. The monoisotopic (exact) mass is 942 g/mol. The van der Waals surface area contributed by atoms with Gasteiger partial charge in [-0.15, -0.1) is 0 Å². The number of rotatable bonds is 54. The van der Waals surface area contributed by atoms with Crippen LogP contribution >= 0.6 is 0 Å². The maximum absolute atomic E-state index is 12.6. The minimum absolute atomic E-state index is 0.357. The summed E-state index contributed by atoms with van der Waals surface area (Å²) in [5.41, 5.74) is 0. The topological polar surface area (TPSA) is 110 Å². The highest BCUT2D eigenvalue weighted by Crippen LogP contribution is 2.17. The lowest BCUT2D eigenvalue weighted by Gasteiger charge is -2.27. The normalized spacial score (nSPS) is 14.1. The predicted molar refractivity (Wildman–Crippen MR) is 293 cm³/mol. The van der Waals surface area contributed by atoms with Crippen LogP contribution in [-0.2, 0) is 4.79 Å². The molecular formula is C61H115NO5. The van der Waals surface area contributed by atoms with Gasteiger partial charge in [0.05, 0.1) is 18.8 Å². The van der Waals surface area contributed by atoms with Gasteiger partial charge in [0.1, 0.15) is 12.2 Å². The Hall–Kier alpha value is -1.73. The molecule has 67 heavy (non-hydrogen) atoms. The number of hydrogen-bond acceptors (Lipinski definition) is 5. The molecule has 0 spiro atoms. The first kappa shape index (κ1) is 65.3. The maximum Gasteiger partial charge on any atom is 0.249 e. The van der Waals surface area contributed by atoms with E-state index >= 15 is 0 Å². The molecule has 0 aliphatic rings. The van der Waals surface area contributed by atoms with Gasteiger partial charge < -0.3 is 25.7 Å². The molecule has 0 saturated carbocycles. The Labute approximate surface area is 417 Å². The SMILES string of the molecule is CCCCCCCCCCCCC/C=C/CC/C=C/CC/C=C/CCCC(O)C(O)C(CO)NC(=O)C(O)CCCCCCCCCCCCC/C=C\CCCCCCCCCCCCCC. The summed E-state index contributed by atoms with van der Waals surface area (Å²) in [6.45, 7) is 4.07. The Kier molecular flexibility index (Phi) is 53.8. The molecule has 0 aromatic rings. The highest BCUT2D eigenvalue weighted by atomic mass is 16.3. The highest BCUT2D eigenvalue weighted by molar-refractivity contribution is 5.80. The van der Waals surface area contributed by atoms with Crippen molar-refractivity contribution in [3.63, 3.8) is 0 Å². The van der Waals surface area contributed by atoms with E-state index in [1.807, 2.05) is 0 Å². The van der Waals surface area contributed by atoms with Crippen LogP contribution in [0.5, 0.6) is 0 Å². The smallest absolute Gasteiger partial charge is 0.249 e. The number of nitrogens with one attached hydrogen (secondary N) is 1. The van der Waals surface area contributed by atoms with Gasteiger partial charge in [0.2, 0.25) is 5.91 Å². The Morgan fingerprint density at radius 3 is 0.940 bits per heavy atom. The summed E-state index contributed by atoms with van der Waals surface area (Å²) >= 11 is 0. The van der Waals surface area contributed by atoms with Gasteiger partial charge in [-0.1, -0.05) is 262 Å². The lowest BCUT2D eigenvalue weighted by Crippen LogP contribution is -2.53. The van der Waals surface area contributed by atoms with E-state index in [2.05, 4.69) is 67.8 Å². The summed E-state index contributed by atoms with van der Waals surface area (Å²) in [5.74, 6) is -0.598. The lowest BCUT2D eigenvalue weighted by atomic mass is 10.00. The molecule has 4 unspecified atom stereocenters. The molecule has 5 N–H and O–H groups in total. The third kappa shape index (κ3) is 49.1. The van der Waals surface area contributed by atoms with Crippen LogP contribution in [0, 0.1) is 0 Å². The molecular weight excluding hydrogens is 827 g/mol. The van der Waals surface area contributed by atoms with Crippen molar-refractivity contribution in [3.8, 4) is 0 Å². The first-order valence-corrected chi connectivity index (χ1v) is 29.5. The van der Waals surface area contributed by atoms with E-state index in [-0.39, 0.29) is 0 Å². The molecule has 0 aromatic carbocycles. The van der Waals surface area contributed by atoms with Gasteiger partial charge in [0.15, 0.2) is 0 Å². The molecule has 1 amide bonds. The molecule has 4 atom stereocenters. The molecule has 0 fully saturated rings. The first-order chi connectivity index (χ1) is 33.0. The molecule has 0 aliphatic heterocycles. The van der Waals surface area contributed by atoms with Crippen molar-refractivity contribution >= 4 is 5.91 Å². The van der Waals surface area contributed by atoms with Gasteiger partial charge in [-0.05, 0) is 89.9 Å². The molecule has 0 aromatic heterocycles. The summed E-state index contributed by atoms with van der Waals surface area (Å²) < 4.78 is 0. The van der Waals surface area contributed by atoms with Crippen molar-refractivity contribution in [2.24, 2.45) is 0 Å². The summed E-state index contributed by atoms with van der Waals surface area (Å²) in [6.07, 6.45) is 70.4. The van der Waals surface area contributed by atoms with Gasteiger partial charge >= 0.3 is 0 Å². The van der Waals surface area contributed by atoms with Crippen molar-refractivity contribution in [1.29, 1.82) is 0 Å². The Morgan fingerprint density at radius 1 is 0.358 bits per heavy atom. The third-order valence-corrected chi connectivity index (χ3v) is 13.7. The van der Waals surface area contributed by atoms with Crippen LogP contribution in [0.25, 0.3) is 0 Å². The minimum atomic E-state index is -1.30. The van der Waals surface area contributed by atoms with Crippen molar-refractivity contribution in [2.75, 3.05) is 6.61 Å². The predicted octanol–water partition coefficient (Wildman–Crippen LogP) is 17.4. The number of unbranched alkanes of at least 4 members (excludes halogenated alkanes) is 37. The standard InChI is InChI=1S/C61H115NO5/c1-3-5-7-9-11-13-15-17-19-21-23-25-27-29-30-31-33-35-37-39-41-43-45-47-49-51-53-55-59(65)61(67)62-57(56-63)60(66)58(64)54-52-50-48-46-44-42-40-38-36-34-32-28-26-24-22-20-18-16-14-12-10-8-6-4-2/h28-30,32,38,40,46,48,57-60,63-66H,3-27,31,33-37,39,41-45,47,49-56H2,1-2H3,(H,62,67)/b30-29-,32-28+,40-38+,48-46+. The van der Waals surface area contributed by atoms with Crippen LogP contribution in [0.2, 0.25) is 0 Å². The summed E-state index contributed by atoms with van der Waals surface area (Å²) in [7, 11) is 0. The average Bonchev–Trinajstić information content (AvgIpc) is 3.33. The molecule has 6 heteroatoms. The molecule has 0 rings (SSSR count). The molecule has 0 saturated heterocycles. The zero-order valence-corrected chi connectivity index (χ0v) is 44.7. The molecule has 0 aliphatic carbocycles. The number of hydrogen-bond donors (Lipinski definition) is 5. The quantitative estimate of drug-likeness (QED) is 0.0308. The Balaban J connectivity index is 3.69.